The van der Waals surface area contributed by atoms with E-state index in [1.807, 2.05) is 25.5 Å². The van der Waals surface area contributed by atoms with Gasteiger partial charge in [0.1, 0.15) is 11.9 Å². The van der Waals surface area contributed by atoms with E-state index >= 15 is 0 Å². The Balaban J connectivity index is 2.31. The van der Waals surface area contributed by atoms with Gasteiger partial charge in [0.2, 0.25) is 0 Å². The molecule has 1 atom stereocenters. The highest BCUT2D eigenvalue weighted by Crippen LogP contribution is 2.19. The summed E-state index contributed by atoms with van der Waals surface area (Å²) < 4.78 is 6.78. The van der Waals surface area contributed by atoms with Crippen molar-refractivity contribution in [1.82, 2.24) is 20.1 Å². The molecule has 1 unspecified atom stereocenters. The molecule has 1 aromatic heterocycles. The topological polar surface area (TPSA) is 69.0 Å². The van der Waals surface area contributed by atoms with Gasteiger partial charge in [-0.3, -0.25) is 4.79 Å². The molecule has 0 spiro atoms. The van der Waals surface area contributed by atoms with Crippen LogP contribution in [0.2, 0.25) is 0 Å². The molecule has 0 saturated carbocycles. The van der Waals surface area contributed by atoms with Crippen LogP contribution in [-0.4, -0.2) is 45.7 Å². The van der Waals surface area contributed by atoms with Crippen LogP contribution >= 0.6 is 11.8 Å². The number of carbonyl (C=O) groups excluding carboxylic acids is 1. The van der Waals surface area contributed by atoms with Crippen molar-refractivity contribution < 1.29 is 9.53 Å². The number of likely N-dealkylation sites (N-methyl/N-ethyl adjacent to an activating group) is 1. The number of nitrogens with one attached hydrogen (secondary N) is 1. The molecule has 0 aromatic carbocycles. The molecule has 0 saturated heterocycles. The van der Waals surface area contributed by atoms with Crippen LogP contribution < -0.4 is 5.32 Å². The predicted octanol–water partition coefficient (Wildman–Crippen LogP) is 1.62. The Morgan fingerprint density at radius 3 is 2.85 bits per heavy atom. The van der Waals surface area contributed by atoms with Gasteiger partial charge in [-0.15, -0.1) is 10.2 Å². The summed E-state index contributed by atoms with van der Waals surface area (Å²) >= 11 is 1.68. The molecular weight excluding hydrogens is 276 g/mol. The zero-order valence-electron chi connectivity index (χ0n) is 12.7. The van der Waals surface area contributed by atoms with Crippen molar-refractivity contribution >= 4 is 17.7 Å². The second kappa shape index (κ2) is 8.26. The van der Waals surface area contributed by atoms with Crippen LogP contribution in [-0.2, 0) is 16.6 Å². The van der Waals surface area contributed by atoms with Crippen LogP contribution in [0.15, 0.2) is 11.5 Å². The monoisotopic (exact) mass is 300 g/mol. The number of esters is 1. The van der Waals surface area contributed by atoms with Crippen LogP contribution in [0.4, 0.5) is 0 Å². The molecular formula is C13H24N4O2S. The fraction of sp³-hybridized carbons (Fsp3) is 0.769. The molecule has 114 valence electrons. The van der Waals surface area contributed by atoms with Gasteiger partial charge < -0.3 is 14.6 Å². The number of ether oxygens (including phenoxy) is 1. The Kier molecular flexibility index (Phi) is 7.01. The minimum absolute atomic E-state index is 0.194. The maximum atomic E-state index is 11.8. The fourth-order valence-corrected chi connectivity index (χ4v) is 2.91. The van der Waals surface area contributed by atoms with Gasteiger partial charge in [-0.2, -0.15) is 0 Å². The number of aryl methyl sites for hydroxylation is 1. The molecule has 0 amide bonds. The summed E-state index contributed by atoms with van der Waals surface area (Å²) in [7, 11) is 3.36. The van der Waals surface area contributed by atoms with Crippen molar-refractivity contribution in [3.63, 3.8) is 0 Å². The summed E-state index contributed by atoms with van der Waals surface area (Å²) in [6.07, 6.45) is 4.45. The second-order valence-electron chi connectivity index (χ2n) is 4.88. The van der Waals surface area contributed by atoms with E-state index in [4.69, 9.17) is 4.74 Å². The normalized spacial score (nSPS) is 14.0. The molecule has 1 rings (SSSR count). The van der Waals surface area contributed by atoms with E-state index in [0.717, 1.165) is 36.7 Å². The first kappa shape index (κ1) is 17.0. The highest BCUT2D eigenvalue weighted by molar-refractivity contribution is 7.99. The Morgan fingerprint density at radius 1 is 1.55 bits per heavy atom. The lowest BCUT2D eigenvalue weighted by Gasteiger charge is -2.27. The van der Waals surface area contributed by atoms with E-state index in [1.54, 1.807) is 18.1 Å². The molecule has 0 aliphatic heterocycles. The highest BCUT2D eigenvalue weighted by Gasteiger charge is 2.32. The smallest absolute Gasteiger partial charge is 0.325 e. The molecule has 0 radical (unpaired) electrons. The lowest BCUT2D eigenvalue weighted by molar-refractivity contribution is -0.148. The van der Waals surface area contributed by atoms with Gasteiger partial charge in [0, 0.05) is 12.8 Å². The van der Waals surface area contributed by atoms with Gasteiger partial charge in [0.25, 0.3) is 0 Å². The summed E-state index contributed by atoms with van der Waals surface area (Å²) in [6.45, 7) is 4.64. The zero-order valence-corrected chi connectivity index (χ0v) is 13.5. The van der Waals surface area contributed by atoms with E-state index in [1.165, 1.54) is 7.11 Å². The quantitative estimate of drug-likeness (QED) is 0.424. The van der Waals surface area contributed by atoms with Gasteiger partial charge in [-0.1, -0.05) is 25.1 Å². The summed E-state index contributed by atoms with van der Waals surface area (Å²) in [4.78, 5) is 11.8. The highest BCUT2D eigenvalue weighted by atomic mass is 32.2. The number of unbranched alkanes of at least 4 members (excludes halogenated alkanes) is 1. The lowest BCUT2D eigenvalue weighted by atomic mass is 9.95. The molecule has 1 heterocycles. The third-order valence-electron chi connectivity index (χ3n) is 3.17. The van der Waals surface area contributed by atoms with Gasteiger partial charge in [-0.25, -0.2) is 0 Å². The first-order valence-corrected chi connectivity index (χ1v) is 7.82. The van der Waals surface area contributed by atoms with Gasteiger partial charge >= 0.3 is 5.97 Å². The average molecular weight is 300 g/mol. The number of rotatable bonds is 9. The predicted molar refractivity (Wildman–Crippen MR) is 79.7 cm³/mol. The van der Waals surface area contributed by atoms with Crippen molar-refractivity contribution in [3.05, 3.63) is 6.33 Å². The van der Waals surface area contributed by atoms with Crippen molar-refractivity contribution in [1.29, 1.82) is 0 Å². The first-order chi connectivity index (χ1) is 9.53. The molecule has 20 heavy (non-hydrogen) atoms. The molecule has 0 bridgehead atoms. The number of methoxy groups -OCH3 is 1. The number of hydrogen-bond acceptors (Lipinski definition) is 6. The van der Waals surface area contributed by atoms with E-state index in [2.05, 4.69) is 15.5 Å². The Morgan fingerprint density at radius 2 is 2.30 bits per heavy atom. The Bertz CT molecular complexity index is 424. The molecule has 6 nitrogen and oxygen atoms in total. The number of thioether (sulfide) groups is 1. The van der Waals surface area contributed by atoms with Gasteiger partial charge in [0.15, 0.2) is 5.16 Å². The van der Waals surface area contributed by atoms with Crippen LogP contribution in [0.5, 0.6) is 0 Å². The van der Waals surface area contributed by atoms with Crippen molar-refractivity contribution in [3.8, 4) is 0 Å². The SMILES string of the molecule is CCNC(C)(CCCCSc1nncn1C)C(=O)OC. The largest absolute Gasteiger partial charge is 0.468 e. The summed E-state index contributed by atoms with van der Waals surface area (Å²) in [6, 6.07) is 0. The van der Waals surface area contributed by atoms with E-state index < -0.39 is 5.54 Å². The standard InChI is InChI=1S/C13H24N4O2S/c1-5-14-13(2,11(18)19-4)8-6-7-9-20-12-16-15-10-17(12)3/h10,14H,5-9H2,1-4H3. The minimum atomic E-state index is -0.584. The minimum Gasteiger partial charge on any atom is -0.468 e. The van der Waals surface area contributed by atoms with Crippen LogP contribution in [0.3, 0.4) is 0 Å². The molecule has 7 heteroatoms. The van der Waals surface area contributed by atoms with Gasteiger partial charge in [0.05, 0.1) is 7.11 Å². The average Bonchev–Trinajstić information content (AvgIpc) is 2.83. The van der Waals surface area contributed by atoms with Crippen molar-refractivity contribution in [2.75, 3.05) is 19.4 Å². The second-order valence-corrected chi connectivity index (χ2v) is 5.95. The number of aromatic nitrogens is 3. The maximum Gasteiger partial charge on any atom is 0.325 e. The molecule has 0 aliphatic rings. The van der Waals surface area contributed by atoms with Crippen LogP contribution in [0.1, 0.15) is 33.1 Å². The summed E-state index contributed by atoms with van der Waals surface area (Å²) in [5, 5.41) is 12.0. The molecule has 0 fully saturated rings. The fourth-order valence-electron chi connectivity index (χ4n) is 2.03. The van der Waals surface area contributed by atoms with Gasteiger partial charge in [-0.05, 0) is 26.3 Å². The van der Waals surface area contributed by atoms with E-state index in [9.17, 15) is 4.79 Å². The maximum absolute atomic E-state index is 11.8. The Hall–Kier alpha value is -1.08. The summed E-state index contributed by atoms with van der Waals surface area (Å²) in [5.74, 6) is 0.774. The van der Waals surface area contributed by atoms with E-state index in [-0.39, 0.29) is 5.97 Å². The summed E-state index contributed by atoms with van der Waals surface area (Å²) in [5.41, 5.74) is -0.584. The number of carbonyl (C=O) groups is 1. The molecule has 1 N–H and O–H groups in total. The molecule has 1 aromatic rings. The first-order valence-electron chi connectivity index (χ1n) is 6.83. The number of nitrogens with zero attached hydrogens (tertiary/aromatic N) is 3. The van der Waals surface area contributed by atoms with E-state index in [0.29, 0.717) is 0 Å². The van der Waals surface area contributed by atoms with Crippen molar-refractivity contribution in [2.24, 2.45) is 7.05 Å². The lowest BCUT2D eigenvalue weighted by Crippen LogP contribution is -2.50. The molecule has 0 aliphatic carbocycles. The number of hydrogen-bond donors (Lipinski definition) is 1. The van der Waals surface area contributed by atoms with Crippen LogP contribution in [0.25, 0.3) is 0 Å². The zero-order chi connectivity index (χ0) is 15.0. The third kappa shape index (κ3) is 4.79. The van der Waals surface area contributed by atoms with Crippen molar-refractivity contribution in [2.45, 2.75) is 43.8 Å². The van der Waals surface area contributed by atoms with Crippen LogP contribution in [0, 0.1) is 0 Å². The third-order valence-corrected chi connectivity index (χ3v) is 4.30. The Labute approximate surface area is 124 Å².